The molecule has 0 spiro atoms. The minimum Gasteiger partial charge on any atom is -0.476 e. The van der Waals surface area contributed by atoms with Gasteiger partial charge in [-0.05, 0) is 65.7 Å². The van der Waals surface area contributed by atoms with Crippen LogP contribution in [0.15, 0.2) is 59.8 Å². The van der Waals surface area contributed by atoms with Gasteiger partial charge in [-0.2, -0.15) is 26.3 Å². The van der Waals surface area contributed by atoms with E-state index >= 15 is 0 Å². The van der Waals surface area contributed by atoms with Gasteiger partial charge in [-0.25, -0.2) is 49.2 Å². The maximum atomic E-state index is 13.6. The maximum absolute atomic E-state index is 13.6. The van der Waals surface area contributed by atoms with Crippen molar-refractivity contribution in [1.29, 1.82) is 0 Å². The molecule has 5 N–H and O–H groups in total. The van der Waals surface area contributed by atoms with Gasteiger partial charge >= 0.3 is 30.4 Å². The number of hydrogen-bond acceptors (Lipinski definition) is 22. The summed E-state index contributed by atoms with van der Waals surface area (Å²) in [6.45, 7) is 17.9. The predicted octanol–water partition coefficient (Wildman–Crippen LogP) is 8.06. The average molecular weight is 1300 g/mol. The van der Waals surface area contributed by atoms with E-state index in [1.807, 2.05) is 0 Å². The lowest BCUT2D eigenvalue weighted by Gasteiger charge is -2.33. The number of aromatic nitrogens is 6. The molecule has 6 aromatic rings. The Morgan fingerprint density at radius 2 is 0.989 bits per heavy atom. The van der Waals surface area contributed by atoms with Crippen LogP contribution in [0.3, 0.4) is 0 Å². The van der Waals surface area contributed by atoms with Crippen LogP contribution < -0.4 is 30.7 Å². The van der Waals surface area contributed by atoms with Gasteiger partial charge < -0.3 is 44.4 Å². The van der Waals surface area contributed by atoms with Gasteiger partial charge in [-0.3, -0.25) is 25.7 Å². The third-order valence-corrected chi connectivity index (χ3v) is 16.8. The highest BCUT2D eigenvalue weighted by Gasteiger charge is 2.36. The van der Waals surface area contributed by atoms with Gasteiger partial charge in [0.15, 0.2) is 11.4 Å². The van der Waals surface area contributed by atoms with E-state index in [1.165, 1.54) is 43.9 Å². The minimum atomic E-state index is -4.64. The summed E-state index contributed by atoms with van der Waals surface area (Å²) >= 11 is 1.61. The highest BCUT2D eigenvalue weighted by molar-refractivity contribution is 7.13. The Morgan fingerprint density at radius 1 is 0.567 bits per heavy atom. The van der Waals surface area contributed by atoms with Crippen LogP contribution in [-0.4, -0.2) is 235 Å². The lowest BCUT2D eigenvalue weighted by atomic mass is 9.99. The number of nitrogens with one attached hydrogen (secondary N) is 4. The van der Waals surface area contributed by atoms with Gasteiger partial charge in [0.1, 0.15) is 41.0 Å². The Hall–Kier alpha value is -7.27. The molecule has 90 heavy (non-hydrogen) atoms. The Labute approximate surface area is 524 Å². The number of carbonyl (C=O) groups is 3. The third kappa shape index (κ3) is 19.1. The van der Waals surface area contributed by atoms with Gasteiger partial charge in [0.25, 0.3) is 0 Å². The average Bonchev–Trinajstić information content (AvgIpc) is 1.42. The second-order valence-corrected chi connectivity index (χ2v) is 23.2. The van der Waals surface area contributed by atoms with Gasteiger partial charge in [-0.1, -0.05) is 0 Å². The second-order valence-electron chi connectivity index (χ2n) is 21.5. The van der Waals surface area contributed by atoms with Crippen molar-refractivity contribution in [2.24, 2.45) is 0 Å². The number of pyridine rings is 4. The molecule has 1 atom stereocenters. The van der Waals surface area contributed by atoms with Crippen molar-refractivity contribution in [1.82, 2.24) is 69.9 Å². The molecule has 0 aliphatic carbocycles. The summed E-state index contributed by atoms with van der Waals surface area (Å²) in [6, 6.07) is 5.11. The van der Waals surface area contributed by atoms with Gasteiger partial charge in [0.05, 0.1) is 12.7 Å². The number of likely N-dealkylation sites (N-methyl/N-ethyl adjacent to an activating group) is 3. The van der Waals surface area contributed by atoms with Crippen molar-refractivity contribution >= 4 is 52.3 Å². The monoisotopic (exact) mass is 1300 g/mol. The quantitative estimate of drug-likeness (QED) is 0.0186. The molecule has 0 saturated carbocycles. The van der Waals surface area contributed by atoms with Gasteiger partial charge in [-0.15, -0.1) is 22.7 Å². The normalized spacial score (nSPS) is 16.2. The molecule has 4 amide bonds. The topological polar surface area (TPSA) is 253 Å². The first-order valence-electron chi connectivity index (χ1n) is 29.2. The number of alkyl halides is 6. The standard InChI is InChI=1S/C32H44F3N9O4S.C26H30F3N7O4S/c1-4-36-31(45)40-28-18-24(30-39-27(21-49-30)32(33,34)35)25(20-37-28)23-17-22(26(48-46)5-6-43-11-7-41(2)8-12-43)19-38-29(23)47-16-15-44-13-9-42(3)10-14-44;1-4-30-25(38)34-21-12-18(23-33-20(15-41-23)26(27,28)29)19(14-31-21)17-11-16(24(37)39-3)13-32-22(17)40-10-9-36-7-5-35(2)6-8-36/h17-21,26,46H,4-16H2,1-3H3,(H2,36,37,40,45);11-15H,4-10H2,1-3H3,(H2,30,31,34,38). The van der Waals surface area contributed by atoms with E-state index in [1.54, 1.807) is 26.1 Å². The second kappa shape index (κ2) is 32.1. The van der Waals surface area contributed by atoms with Crippen molar-refractivity contribution < 1.29 is 65.1 Å². The SMILES string of the molecule is CCNC(=O)Nc1cc(-c2nc(C(F)(F)F)cs2)c(-c2cc(C(=O)OC)cnc2OCCN2CCN(C)CC2)cn1.CCNC(=O)Nc1cc(-c2nc(C(F)(F)F)cs2)c(-c2cc(C(CCN3CCN(C)CC3)OO)cnc2OCCN2CCN(C)CC2)cn1. The molecule has 1 unspecified atom stereocenters. The molecule has 0 bridgehead atoms. The van der Waals surface area contributed by atoms with Crippen LogP contribution in [0, 0.1) is 0 Å². The fourth-order valence-electron chi connectivity index (χ4n) is 9.81. The lowest BCUT2D eigenvalue weighted by Crippen LogP contribution is -2.45. The largest absolute Gasteiger partial charge is 0.476 e. The summed E-state index contributed by atoms with van der Waals surface area (Å²) in [4.78, 5) is 80.7. The van der Waals surface area contributed by atoms with Gasteiger partial charge in [0.2, 0.25) is 11.8 Å². The highest BCUT2D eigenvalue weighted by atomic mass is 32.1. The Balaban J connectivity index is 0.000000236. The summed E-state index contributed by atoms with van der Waals surface area (Å²) in [5, 5.41) is 22.3. The molecule has 9 heterocycles. The smallest absolute Gasteiger partial charge is 0.434 e. The molecule has 0 aromatic carbocycles. The Morgan fingerprint density at radius 3 is 1.39 bits per heavy atom. The fourth-order valence-corrected chi connectivity index (χ4v) is 11.5. The number of piperazine rings is 3. The summed E-state index contributed by atoms with van der Waals surface area (Å²) in [5.41, 5.74) is 0.569. The molecular weight excluding hydrogens is 1230 g/mol. The molecular formula is C58H74F6N16O8S2. The van der Waals surface area contributed by atoms with Crippen LogP contribution in [0.25, 0.3) is 43.4 Å². The molecule has 3 aliphatic rings. The van der Waals surface area contributed by atoms with E-state index in [2.05, 4.69) is 102 Å². The number of ether oxygens (including phenoxy) is 3. The summed E-state index contributed by atoms with van der Waals surface area (Å²) < 4.78 is 98.3. The lowest BCUT2D eigenvalue weighted by molar-refractivity contribution is -0.283. The molecule has 488 valence electrons. The van der Waals surface area contributed by atoms with Crippen molar-refractivity contribution in [3.8, 4) is 55.2 Å². The van der Waals surface area contributed by atoms with Crippen LogP contribution in [0.2, 0.25) is 0 Å². The Bertz CT molecular complexity index is 3340. The van der Waals surface area contributed by atoms with E-state index in [4.69, 9.17) is 19.1 Å². The zero-order valence-corrected chi connectivity index (χ0v) is 52.4. The van der Waals surface area contributed by atoms with E-state index in [0.29, 0.717) is 79.1 Å². The first kappa shape index (κ1) is 68.6. The van der Waals surface area contributed by atoms with Crippen LogP contribution in [-0.2, 0) is 22.0 Å². The first-order chi connectivity index (χ1) is 43.1. The summed E-state index contributed by atoms with van der Waals surface area (Å²) in [6.07, 6.45) is -3.81. The molecule has 32 heteroatoms. The van der Waals surface area contributed by atoms with Crippen LogP contribution in [0.1, 0.15) is 53.7 Å². The number of hydrogen-bond donors (Lipinski definition) is 5. The number of anilines is 2. The van der Waals surface area contributed by atoms with Crippen molar-refractivity contribution in [3.63, 3.8) is 0 Å². The highest BCUT2D eigenvalue weighted by Crippen LogP contribution is 2.43. The maximum Gasteiger partial charge on any atom is 0.434 e. The molecule has 6 aromatic heterocycles. The first-order valence-corrected chi connectivity index (χ1v) is 30.9. The van der Waals surface area contributed by atoms with Crippen LogP contribution >= 0.6 is 22.7 Å². The number of methoxy groups -OCH3 is 1. The number of carbonyl (C=O) groups excluding carboxylic acids is 3. The van der Waals surface area contributed by atoms with Gasteiger partial charge in [0, 0.05) is 186 Å². The minimum absolute atomic E-state index is 0.0283. The van der Waals surface area contributed by atoms with E-state index in [-0.39, 0.29) is 51.1 Å². The molecule has 9 rings (SSSR count). The number of nitrogens with zero attached hydrogens (tertiary/aromatic N) is 12. The third-order valence-electron chi connectivity index (χ3n) is 15.0. The van der Waals surface area contributed by atoms with Crippen molar-refractivity contribution in [2.45, 2.75) is 38.7 Å². The molecule has 24 nitrogen and oxygen atoms in total. The van der Waals surface area contributed by atoms with E-state index in [0.717, 1.165) is 112 Å². The van der Waals surface area contributed by atoms with Crippen molar-refractivity contribution in [2.75, 3.05) is 163 Å². The number of amides is 4. The van der Waals surface area contributed by atoms with E-state index < -0.39 is 47.9 Å². The number of rotatable bonds is 22. The number of thiazole rings is 2. The molecule has 3 aliphatic heterocycles. The van der Waals surface area contributed by atoms with Crippen LogP contribution in [0.4, 0.5) is 47.6 Å². The number of urea groups is 2. The fraction of sp³-hybridized carbons (Fsp3) is 0.500. The Kier molecular flexibility index (Phi) is 24.5. The van der Waals surface area contributed by atoms with E-state index in [9.17, 15) is 46.0 Å². The zero-order chi connectivity index (χ0) is 64.5. The molecule has 3 fully saturated rings. The summed E-state index contributed by atoms with van der Waals surface area (Å²) in [7, 11) is 7.46. The predicted molar refractivity (Wildman–Crippen MR) is 328 cm³/mol. The molecule has 0 radical (unpaired) electrons. The number of halogens is 6. The summed E-state index contributed by atoms with van der Waals surface area (Å²) in [5.74, 6) is -0.0344. The zero-order valence-electron chi connectivity index (χ0n) is 50.7. The molecule has 3 saturated heterocycles. The van der Waals surface area contributed by atoms with Crippen LogP contribution in [0.5, 0.6) is 11.8 Å². The number of esters is 1. The van der Waals surface area contributed by atoms with Crippen molar-refractivity contribution in [3.05, 3.63) is 82.3 Å².